The number of para-hydroxylation sites is 1. The number of benzene rings is 1. The molecule has 0 bridgehead atoms. The molecule has 1 aliphatic carbocycles. The van der Waals surface area contributed by atoms with E-state index in [1.807, 2.05) is 30.0 Å². The van der Waals surface area contributed by atoms with Gasteiger partial charge in [-0.05, 0) is 50.7 Å². The number of aromatic nitrogens is 3. The van der Waals surface area contributed by atoms with E-state index < -0.39 is 0 Å². The van der Waals surface area contributed by atoms with Gasteiger partial charge in [0, 0.05) is 19.1 Å². The number of hydrogen-bond acceptors (Lipinski definition) is 5. The summed E-state index contributed by atoms with van der Waals surface area (Å²) in [6.45, 7) is 6.21. The van der Waals surface area contributed by atoms with Crippen molar-refractivity contribution >= 4 is 29.3 Å². The molecule has 1 aromatic carbocycles. The lowest BCUT2D eigenvalue weighted by molar-refractivity contribution is -0.132. The number of piperidine rings is 1. The fraction of sp³-hybridized carbons (Fsp3) is 0.571. The van der Waals surface area contributed by atoms with Gasteiger partial charge in [-0.3, -0.25) is 9.36 Å². The van der Waals surface area contributed by atoms with Gasteiger partial charge in [-0.15, -0.1) is 10.2 Å². The first-order valence-electron chi connectivity index (χ1n) is 10.3. The number of halogens is 1. The third-order valence-corrected chi connectivity index (χ3v) is 6.80. The minimum Gasteiger partial charge on any atom is -0.484 e. The Labute approximate surface area is 181 Å². The Bertz CT molecular complexity index is 870. The van der Waals surface area contributed by atoms with Crippen LogP contribution in [0.2, 0.25) is 5.02 Å². The van der Waals surface area contributed by atoms with E-state index in [2.05, 4.69) is 21.7 Å². The number of thioether (sulfide) groups is 1. The minimum absolute atomic E-state index is 0.181. The Kier molecular flexibility index (Phi) is 6.35. The van der Waals surface area contributed by atoms with Crippen LogP contribution in [0.3, 0.4) is 0 Å². The average Bonchev–Trinajstić information content (AvgIpc) is 3.48. The zero-order valence-corrected chi connectivity index (χ0v) is 18.5. The monoisotopic (exact) mass is 434 g/mol. The molecular formula is C21H27ClN4O2S. The lowest BCUT2D eigenvalue weighted by atomic mass is 10.0. The van der Waals surface area contributed by atoms with E-state index in [9.17, 15) is 4.79 Å². The second-order valence-corrected chi connectivity index (χ2v) is 9.73. The van der Waals surface area contributed by atoms with E-state index in [-0.39, 0.29) is 11.2 Å². The quantitative estimate of drug-likeness (QED) is 0.596. The second kappa shape index (κ2) is 8.96. The van der Waals surface area contributed by atoms with Gasteiger partial charge in [-0.1, -0.05) is 42.4 Å². The van der Waals surface area contributed by atoms with E-state index in [0.29, 0.717) is 29.3 Å². The molecular weight excluding hydrogens is 408 g/mol. The van der Waals surface area contributed by atoms with Crippen molar-refractivity contribution in [1.82, 2.24) is 19.7 Å². The van der Waals surface area contributed by atoms with E-state index in [1.165, 1.54) is 18.2 Å². The summed E-state index contributed by atoms with van der Waals surface area (Å²) in [7, 11) is 0. The molecule has 29 heavy (non-hydrogen) atoms. The van der Waals surface area contributed by atoms with Crippen molar-refractivity contribution in [3.8, 4) is 5.75 Å². The molecule has 2 heterocycles. The Morgan fingerprint density at radius 2 is 2.10 bits per heavy atom. The Morgan fingerprint density at radius 1 is 1.31 bits per heavy atom. The van der Waals surface area contributed by atoms with Crippen LogP contribution < -0.4 is 4.74 Å². The van der Waals surface area contributed by atoms with Crippen molar-refractivity contribution in [1.29, 1.82) is 0 Å². The molecule has 1 saturated heterocycles. The molecule has 1 aromatic heterocycles. The van der Waals surface area contributed by atoms with E-state index in [0.717, 1.165) is 43.3 Å². The van der Waals surface area contributed by atoms with Crippen LogP contribution in [-0.2, 0) is 11.4 Å². The maximum atomic E-state index is 12.9. The Hall–Kier alpha value is -1.73. The van der Waals surface area contributed by atoms with Crippen molar-refractivity contribution in [3.63, 3.8) is 0 Å². The molecule has 4 rings (SSSR count). The molecule has 0 spiro atoms. The topological polar surface area (TPSA) is 60.3 Å². The van der Waals surface area contributed by atoms with Crippen LogP contribution in [0.4, 0.5) is 0 Å². The molecule has 0 radical (unpaired) electrons. The van der Waals surface area contributed by atoms with Crippen molar-refractivity contribution < 1.29 is 9.53 Å². The molecule has 8 heteroatoms. The van der Waals surface area contributed by atoms with Gasteiger partial charge in [0.25, 0.3) is 0 Å². The van der Waals surface area contributed by atoms with Crippen LogP contribution in [0.15, 0.2) is 29.4 Å². The summed E-state index contributed by atoms with van der Waals surface area (Å²) in [6.07, 6.45) is 4.51. The van der Waals surface area contributed by atoms with Gasteiger partial charge in [0.1, 0.15) is 12.4 Å². The molecule has 1 aliphatic heterocycles. The molecule has 156 valence electrons. The lowest BCUT2D eigenvalue weighted by Crippen LogP contribution is -2.42. The van der Waals surface area contributed by atoms with Gasteiger partial charge in [-0.25, -0.2) is 0 Å². The van der Waals surface area contributed by atoms with Crippen LogP contribution in [0.1, 0.15) is 51.4 Å². The summed E-state index contributed by atoms with van der Waals surface area (Å²) in [5.41, 5.74) is 0. The standard InChI is InChI=1S/C21H27ClN4O2S/c1-14-6-5-11-25(12-14)20(27)15(2)29-21-24-23-19(26(21)16-9-10-16)13-28-18-8-4-3-7-17(18)22/h3-4,7-8,14-16H,5-6,9-13H2,1-2H3. The molecule has 2 unspecified atom stereocenters. The van der Waals surface area contributed by atoms with Crippen LogP contribution >= 0.6 is 23.4 Å². The molecule has 2 aliphatic rings. The van der Waals surface area contributed by atoms with Crippen LogP contribution in [-0.4, -0.2) is 43.9 Å². The predicted octanol–water partition coefficient (Wildman–Crippen LogP) is 4.58. The summed E-state index contributed by atoms with van der Waals surface area (Å²) >= 11 is 7.69. The van der Waals surface area contributed by atoms with Gasteiger partial charge in [-0.2, -0.15) is 0 Å². The van der Waals surface area contributed by atoms with Crippen LogP contribution in [0.5, 0.6) is 5.75 Å². The highest BCUT2D eigenvalue weighted by atomic mass is 35.5. The van der Waals surface area contributed by atoms with Crippen molar-refractivity contribution in [2.45, 2.75) is 62.6 Å². The highest BCUT2D eigenvalue weighted by Gasteiger charge is 2.32. The fourth-order valence-corrected chi connectivity index (χ4v) is 4.96. The summed E-state index contributed by atoms with van der Waals surface area (Å²) in [6, 6.07) is 7.81. The van der Waals surface area contributed by atoms with Gasteiger partial charge in [0.05, 0.1) is 10.3 Å². The summed E-state index contributed by atoms with van der Waals surface area (Å²) in [4.78, 5) is 14.9. The first-order chi connectivity index (χ1) is 14.0. The minimum atomic E-state index is -0.181. The predicted molar refractivity (Wildman–Crippen MR) is 114 cm³/mol. The molecule has 2 fully saturated rings. The first-order valence-corrected chi connectivity index (χ1v) is 11.5. The fourth-order valence-electron chi connectivity index (χ4n) is 3.74. The SMILES string of the molecule is CC1CCCN(C(=O)C(C)Sc2nnc(COc3ccccc3Cl)n2C2CC2)C1. The molecule has 1 amide bonds. The van der Waals surface area contributed by atoms with E-state index >= 15 is 0 Å². The zero-order valence-electron chi connectivity index (χ0n) is 16.9. The smallest absolute Gasteiger partial charge is 0.235 e. The van der Waals surface area contributed by atoms with Gasteiger partial charge in [0.15, 0.2) is 11.0 Å². The number of likely N-dealkylation sites (tertiary alicyclic amines) is 1. The van der Waals surface area contributed by atoms with Gasteiger partial charge < -0.3 is 9.64 Å². The summed E-state index contributed by atoms with van der Waals surface area (Å²) in [5, 5.41) is 9.94. The number of hydrogen-bond donors (Lipinski definition) is 0. The first kappa shape index (κ1) is 20.5. The number of ether oxygens (including phenoxy) is 1. The highest BCUT2D eigenvalue weighted by Crippen LogP contribution is 2.40. The number of rotatable bonds is 7. The number of nitrogens with zero attached hydrogens (tertiary/aromatic N) is 4. The lowest BCUT2D eigenvalue weighted by Gasteiger charge is -2.32. The normalized spacial score (nSPS) is 20.5. The van der Waals surface area contributed by atoms with Crippen molar-refractivity contribution in [2.24, 2.45) is 5.92 Å². The van der Waals surface area contributed by atoms with Gasteiger partial charge in [0.2, 0.25) is 5.91 Å². The average molecular weight is 435 g/mol. The Morgan fingerprint density at radius 3 is 2.83 bits per heavy atom. The second-order valence-electron chi connectivity index (χ2n) is 8.01. The third-order valence-electron chi connectivity index (χ3n) is 5.44. The number of carbonyl (C=O) groups excluding carboxylic acids is 1. The molecule has 2 aromatic rings. The Balaban J connectivity index is 1.44. The number of amides is 1. The van der Waals surface area contributed by atoms with Gasteiger partial charge >= 0.3 is 0 Å². The van der Waals surface area contributed by atoms with Crippen LogP contribution in [0, 0.1) is 5.92 Å². The highest BCUT2D eigenvalue weighted by molar-refractivity contribution is 8.00. The van der Waals surface area contributed by atoms with Crippen molar-refractivity contribution in [3.05, 3.63) is 35.1 Å². The molecule has 2 atom stereocenters. The largest absolute Gasteiger partial charge is 0.484 e. The molecule has 6 nitrogen and oxygen atoms in total. The third kappa shape index (κ3) is 4.89. The van der Waals surface area contributed by atoms with E-state index in [1.54, 1.807) is 6.07 Å². The molecule has 1 saturated carbocycles. The van der Waals surface area contributed by atoms with Crippen molar-refractivity contribution in [2.75, 3.05) is 13.1 Å². The molecule has 0 N–H and O–H groups in total. The summed E-state index contributed by atoms with van der Waals surface area (Å²) in [5.74, 6) is 2.19. The van der Waals surface area contributed by atoms with Crippen LogP contribution in [0.25, 0.3) is 0 Å². The maximum Gasteiger partial charge on any atom is 0.235 e. The van der Waals surface area contributed by atoms with E-state index in [4.69, 9.17) is 16.3 Å². The summed E-state index contributed by atoms with van der Waals surface area (Å²) < 4.78 is 8.02. The number of carbonyl (C=O) groups is 1. The zero-order chi connectivity index (χ0) is 20.4. The maximum absolute atomic E-state index is 12.9.